The summed E-state index contributed by atoms with van der Waals surface area (Å²) in [6, 6.07) is 15.1. The average molecular weight is 352 g/mol. The fourth-order valence-electron chi connectivity index (χ4n) is 1.55. The van der Waals surface area contributed by atoms with Crippen molar-refractivity contribution in [1.82, 2.24) is 0 Å². The maximum absolute atomic E-state index is 12.0. The minimum Gasteiger partial charge on any atom is -0.388 e. The molecule has 18 heavy (non-hydrogen) atoms. The Bertz CT molecular complexity index is 552. The summed E-state index contributed by atoms with van der Waals surface area (Å²) in [5.41, 5.74) is 2.47. The van der Waals surface area contributed by atoms with Gasteiger partial charge in [0.2, 0.25) is 0 Å². The van der Waals surface area contributed by atoms with Crippen molar-refractivity contribution in [3.63, 3.8) is 0 Å². The van der Waals surface area contributed by atoms with Crippen molar-refractivity contribution in [2.24, 2.45) is 0 Å². The van der Waals surface area contributed by atoms with E-state index in [0.29, 0.717) is 5.56 Å². The monoisotopic (exact) mass is 352 g/mol. The first kappa shape index (κ1) is 12.9. The zero-order valence-corrected chi connectivity index (χ0v) is 12.1. The van der Waals surface area contributed by atoms with Crippen molar-refractivity contribution in [3.8, 4) is 0 Å². The average Bonchev–Trinajstić information content (AvgIpc) is 2.41. The Balaban J connectivity index is 2.14. The van der Waals surface area contributed by atoms with E-state index in [4.69, 9.17) is 0 Å². The minimum atomic E-state index is -0.0956. The Morgan fingerprint density at radius 1 is 1.06 bits per heavy atom. The summed E-state index contributed by atoms with van der Waals surface area (Å²) in [5.74, 6) is -0.0956. The molecule has 92 valence electrons. The van der Waals surface area contributed by atoms with Crippen LogP contribution in [0.1, 0.15) is 10.4 Å². The molecule has 0 aromatic heterocycles. The molecule has 0 aliphatic heterocycles. The number of para-hydroxylation sites is 1. The van der Waals surface area contributed by atoms with Crippen LogP contribution in [0.4, 0.5) is 11.4 Å². The standard InChI is InChI=1S/C14H13IN2O/c1-16-11-8-6-10(7-9-11)14(18)17-13-5-3-2-4-12(13)15/h2-9,16H,1H3,(H,17,18). The van der Waals surface area contributed by atoms with E-state index in [1.54, 1.807) is 12.1 Å². The lowest BCUT2D eigenvalue weighted by molar-refractivity contribution is 0.102. The van der Waals surface area contributed by atoms with Gasteiger partial charge in [0.25, 0.3) is 5.91 Å². The quantitative estimate of drug-likeness (QED) is 0.829. The van der Waals surface area contributed by atoms with Gasteiger partial charge < -0.3 is 10.6 Å². The molecule has 0 spiro atoms. The van der Waals surface area contributed by atoms with Crippen LogP contribution < -0.4 is 10.6 Å². The molecule has 0 bridgehead atoms. The molecule has 0 aliphatic rings. The molecular formula is C14H13IN2O. The smallest absolute Gasteiger partial charge is 0.255 e. The summed E-state index contributed by atoms with van der Waals surface area (Å²) < 4.78 is 1.02. The number of hydrogen-bond donors (Lipinski definition) is 2. The molecule has 0 fully saturated rings. The van der Waals surface area contributed by atoms with Gasteiger partial charge in [-0.2, -0.15) is 0 Å². The van der Waals surface area contributed by atoms with Gasteiger partial charge in [-0.15, -0.1) is 0 Å². The number of nitrogens with one attached hydrogen (secondary N) is 2. The van der Waals surface area contributed by atoms with Crippen LogP contribution in [-0.2, 0) is 0 Å². The predicted molar refractivity (Wildman–Crippen MR) is 83.1 cm³/mol. The predicted octanol–water partition coefficient (Wildman–Crippen LogP) is 3.59. The third-order valence-electron chi connectivity index (χ3n) is 2.56. The van der Waals surface area contributed by atoms with Gasteiger partial charge in [-0.3, -0.25) is 4.79 Å². The Morgan fingerprint density at radius 2 is 1.72 bits per heavy atom. The number of amides is 1. The second kappa shape index (κ2) is 5.86. The van der Waals surface area contributed by atoms with E-state index in [0.717, 1.165) is 14.9 Å². The molecule has 0 aliphatic carbocycles. The van der Waals surface area contributed by atoms with E-state index < -0.39 is 0 Å². The number of hydrogen-bond acceptors (Lipinski definition) is 2. The molecule has 4 heteroatoms. The lowest BCUT2D eigenvalue weighted by Gasteiger charge is -2.07. The number of anilines is 2. The zero-order chi connectivity index (χ0) is 13.0. The molecule has 2 N–H and O–H groups in total. The Kier molecular flexibility index (Phi) is 4.19. The van der Waals surface area contributed by atoms with Crippen LogP contribution in [-0.4, -0.2) is 13.0 Å². The van der Waals surface area contributed by atoms with Crippen LogP contribution in [0.2, 0.25) is 0 Å². The summed E-state index contributed by atoms with van der Waals surface area (Å²) in [6.07, 6.45) is 0. The molecule has 3 nitrogen and oxygen atoms in total. The van der Waals surface area contributed by atoms with Gasteiger partial charge in [0, 0.05) is 21.9 Å². The molecule has 1 amide bonds. The van der Waals surface area contributed by atoms with Crippen molar-refractivity contribution < 1.29 is 4.79 Å². The molecule has 0 heterocycles. The SMILES string of the molecule is CNc1ccc(C(=O)Nc2ccccc2I)cc1. The van der Waals surface area contributed by atoms with E-state index in [2.05, 4.69) is 33.2 Å². The largest absolute Gasteiger partial charge is 0.388 e. The number of carbonyl (C=O) groups is 1. The molecule has 0 unspecified atom stereocenters. The second-order valence-corrected chi connectivity index (χ2v) is 4.92. The van der Waals surface area contributed by atoms with Crippen molar-refractivity contribution in [2.45, 2.75) is 0 Å². The summed E-state index contributed by atoms with van der Waals surface area (Å²) in [4.78, 5) is 12.0. The fourth-order valence-corrected chi connectivity index (χ4v) is 2.07. The summed E-state index contributed by atoms with van der Waals surface area (Å²) in [5, 5.41) is 5.92. The van der Waals surface area contributed by atoms with Gasteiger partial charge in [0.1, 0.15) is 0 Å². The lowest BCUT2D eigenvalue weighted by Crippen LogP contribution is -2.12. The molecule has 0 saturated heterocycles. The van der Waals surface area contributed by atoms with Crippen molar-refractivity contribution in [2.75, 3.05) is 17.7 Å². The molecule has 2 aromatic carbocycles. The second-order valence-electron chi connectivity index (χ2n) is 3.76. The van der Waals surface area contributed by atoms with Crippen LogP contribution in [0, 0.1) is 3.57 Å². The highest BCUT2D eigenvalue weighted by Gasteiger charge is 2.07. The van der Waals surface area contributed by atoms with Crippen LogP contribution in [0.5, 0.6) is 0 Å². The highest BCUT2D eigenvalue weighted by molar-refractivity contribution is 14.1. The first-order chi connectivity index (χ1) is 8.70. The highest BCUT2D eigenvalue weighted by atomic mass is 127. The summed E-state index contributed by atoms with van der Waals surface area (Å²) in [7, 11) is 1.85. The normalized spacial score (nSPS) is 9.89. The molecule has 0 atom stereocenters. The van der Waals surface area contributed by atoms with Gasteiger partial charge in [-0.25, -0.2) is 0 Å². The third kappa shape index (κ3) is 3.01. The maximum Gasteiger partial charge on any atom is 0.255 e. The Labute approximate surface area is 120 Å². The van der Waals surface area contributed by atoms with Crippen LogP contribution >= 0.6 is 22.6 Å². The van der Waals surface area contributed by atoms with Crippen molar-refractivity contribution in [3.05, 3.63) is 57.7 Å². The van der Waals surface area contributed by atoms with E-state index in [9.17, 15) is 4.79 Å². The molecule has 2 rings (SSSR count). The van der Waals surface area contributed by atoms with Gasteiger partial charge >= 0.3 is 0 Å². The summed E-state index contributed by atoms with van der Waals surface area (Å²) >= 11 is 2.20. The third-order valence-corrected chi connectivity index (χ3v) is 3.50. The van der Waals surface area contributed by atoms with Crippen molar-refractivity contribution >= 4 is 39.9 Å². The van der Waals surface area contributed by atoms with Gasteiger partial charge in [0.05, 0.1) is 5.69 Å². The molecule has 0 saturated carbocycles. The van der Waals surface area contributed by atoms with Gasteiger partial charge in [-0.05, 0) is 59.0 Å². The first-order valence-electron chi connectivity index (χ1n) is 5.54. The fraction of sp³-hybridized carbons (Fsp3) is 0.0714. The van der Waals surface area contributed by atoms with Crippen LogP contribution in [0.3, 0.4) is 0 Å². The number of halogens is 1. The first-order valence-corrected chi connectivity index (χ1v) is 6.62. The Morgan fingerprint density at radius 3 is 2.33 bits per heavy atom. The van der Waals surface area contributed by atoms with Crippen LogP contribution in [0.25, 0.3) is 0 Å². The number of carbonyl (C=O) groups excluding carboxylic acids is 1. The maximum atomic E-state index is 12.0. The summed E-state index contributed by atoms with van der Waals surface area (Å²) in [6.45, 7) is 0. The van der Waals surface area contributed by atoms with E-state index in [1.807, 2.05) is 43.4 Å². The topological polar surface area (TPSA) is 41.1 Å². The van der Waals surface area contributed by atoms with E-state index in [1.165, 1.54) is 0 Å². The van der Waals surface area contributed by atoms with E-state index >= 15 is 0 Å². The lowest BCUT2D eigenvalue weighted by atomic mass is 10.2. The molecule has 2 aromatic rings. The minimum absolute atomic E-state index is 0.0956. The Hall–Kier alpha value is -1.56. The van der Waals surface area contributed by atoms with Crippen LogP contribution in [0.15, 0.2) is 48.5 Å². The highest BCUT2D eigenvalue weighted by Crippen LogP contribution is 2.18. The number of rotatable bonds is 3. The van der Waals surface area contributed by atoms with Gasteiger partial charge in [-0.1, -0.05) is 12.1 Å². The number of benzene rings is 2. The van der Waals surface area contributed by atoms with Crippen molar-refractivity contribution in [1.29, 1.82) is 0 Å². The molecular weight excluding hydrogens is 339 g/mol. The van der Waals surface area contributed by atoms with Gasteiger partial charge in [0.15, 0.2) is 0 Å². The molecule has 0 radical (unpaired) electrons. The van der Waals surface area contributed by atoms with E-state index in [-0.39, 0.29) is 5.91 Å². The zero-order valence-electron chi connectivity index (χ0n) is 9.91.